The normalized spacial score (nSPS) is 11.8. The predicted molar refractivity (Wildman–Crippen MR) is 93.4 cm³/mol. The molecule has 2 rings (SSSR count). The Bertz CT molecular complexity index is 814. The van der Waals surface area contributed by atoms with Crippen molar-refractivity contribution in [1.29, 1.82) is 0 Å². The first-order chi connectivity index (χ1) is 11.8. The summed E-state index contributed by atoms with van der Waals surface area (Å²) in [5.41, 5.74) is 6.06. The number of nitrogens with one attached hydrogen (secondary N) is 1. The van der Waals surface area contributed by atoms with Gasteiger partial charge in [-0.3, -0.25) is 0 Å². The van der Waals surface area contributed by atoms with Gasteiger partial charge in [0.15, 0.2) is 0 Å². The summed E-state index contributed by atoms with van der Waals surface area (Å²) in [4.78, 5) is 1.41. The van der Waals surface area contributed by atoms with Gasteiger partial charge in [0.1, 0.15) is 16.5 Å². The molecule has 0 aliphatic heterocycles. The topological polar surface area (TPSA) is 75.4 Å². The van der Waals surface area contributed by atoms with Crippen LogP contribution in [-0.4, -0.2) is 33.5 Å². The summed E-state index contributed by atoms with van der Waals surface area (Å²) in [5, 5.41) is 0. The van der Waals surface area contributed by atoms with E-state index < -0.39 is 32.2 Å². The van der Waals surface area contributed by atoms with Crippen LogP contribution in [0.1, 0.15) is 12.0 Å². The average Bonchev–Trinajstić information content (AvgIpc) is 2.56. The SMILES string of the molecule is CN(CCCNS(=O)(=O)c1cc(N)c(F)cc1F)Cc1ccccc1. The van der Waals surface area contributed by atoms with E-state index in [-0.39, 0.29) is 6.54 Å². The molecule has 0 heterocycles. The van der Waals surface area contributed by atoms with Crippen molar-refractivity contribution in [3.8, 4) is 0 Å². The van der Waals surface area contributed by atoms with Crippen molar-refractivity contribution in [2.45, 2.75) is 17.9 Å². The number of nitrogen functional groups attached to an aromatic ring is 1. The minimum atomic E-state index is -4.08. The van der Waals surface area contributed by atoms with Gasteiger partial charge in [-0.05, 0) is 31.6 Å². The van der Waals surface area contributed by atoms with Crippen LogP contribution in [0.5, 0.6) is 0 Å². The van der Waals surface area contributed by atoms with Gasteiger partial charge in [0, 0.05) is 19.2 Å². The van der Waals surface area contributed by atoms with Crippen molar-refractivity contribution in [3.05, 3.63) is 59.7 Å². The summed E-state index contributed by atoms with van der Waals surface area (Å²) in [5.74, 6) is -2.15. The molecular formula is C17H21F2N3O2S. The molecule has 2 aromatic carbocycles. The van der Waals surface area contributed by atoms with Crippen molar-refractivity contribution in [1.82, 2.24) is 9.62 Å². The third kappa shape index (κ3) is 5.48. The van der Waals surface area contributed by atoms with Gasteiger partial charge in [-0.15, -0.1) is 0 Å². The number of hydrogen-bond donors (Lipinski definition) is 2. The van der Waals surface area contributed by atoms with Gasteiger partial charge in [-0.1, -0.05) is 30.3 Å². The first-order valence-corrected chi connectivity index (χ1v) is 9.24. The first kappa shape index (κ1) is 19.3. The summed E-state index contributed by atoms with van der Waals surface area (Å²) >= 11 is 0. The lowest BCUT2D eigenvalue weighted by atomic mass is 10.2. The van der Waals surface area contributed by atoms with E-state index in [9.17, 15) is 17.2 Å². The number of halogens is 2. The van der Waals surface area contributed by atoms with E-state index in [0.717, 1.165) is 18.2 Å². The third-order valence-electron chi connectivity index (χ3n) is 3.64. The smallest absolute Gasteiger partial charge is 0.243 e. The van der Waals surface area contributed by atoms with Gasteiger partial charge in [-0.2, -0.15) is 0 Å². The zero-order valence-corrected chi connectivity index (χ0v) is 14.7. The van der Waals surface area contributed by atoms with E-state index >= 15 is 0 Å². The number of rotatable bonds is 8. The molecule has 0 fully saturated rings. The Balaban J connectivity index is 1.85. The highest BCUT2D eigenvalue weighted by atomic mass is 32.2. The van der Waals surface area contributed by atoms with Gasteiger partial charge >= 0.3 is 0 Å². The Labute approximate surface area is 146 Å². The van der Waals surface area contributed by atoms with E-state index in [1.54, 1.807) is 0 Å². The van der Waals surface area contributed by atoms with Crippen molar-refractivity contribution in [2.75, 3.05) is 25.9 Å². The summed E-state index contributed by atoms with van der Waals surface area (Å²) < 4.78 is 53.3. The maximum absolute atomic E-state index is 13.7. The van der Waals surface area contributed by atoms with Gasteiger partial charge in [0.2, 0.25) is 10.0 Å². The largest absolute Gasteiger partial charge is 0.396 e. The minimum absolute atomic E-state index is 0.137. The number of anilines is 1. The van der Waals surface area contributed by atoms with E-state index in [4.69, 9.17) is 5.73 Å². The second-order valence-electron chi connectivity index (χ2n) is 5.78. The Morgan fingerprint density at radius 1 is 1.12 bits per heavy atom. The molecule has 0 aromatic heterocycles. The van der Waals surface area contributed by atoms with Crippen LogP contribution in [0.4, 0.5) is 14.5 Å². The van der Waals surface area contributed by atoms with Crippen LogP contribution < -0.4 is 10.5 Å². The summed E-state index contributed by atoms with van der Waals surface area (Å²) in [6, 6.07) is 11.1. The standard InChI is InChI=1S/C17H21F2N3O2S/c1-22(12-13-6-3-2-4-7-13)9-5-8-21-25(23,24)17-11-16(20)14(18)10-15(17)19/h2-4,6-7,10-11,21H,5,8-9,12,20H2,1H3. The fraction of sp³-hybridized carbons (Fsp3) is 0.294. The molecule has 2 aromatic rings. The molecule has 3 N–H and O–H groups in total. The van der Waals surface area contributed by atoms with Crippen molar-refractivity contribution in [2.24, 2.45) is 0 Å². The lowest BCUT2D eigenvalue weighted by molar-refractivity contribution is 0.322. The summed E-state index contributed by atoms with van der Waals surface area (Å²) in [6.45, 7) is 1.54. The van der Waals surface area contributed by atoms with Gasteiger partial charge in [0.25, 0.3) is 0 Å². The van der Waals surface area contributed by atoms with E-state index in [2.05, 4.69) is 9.62 Å². The maximum Gasteiger partial charge on any atom is 0.243 e. The van der Waals surface area contributed by atoms with E-state index in [1.807, 2.05) is 37.4 Å². The molecule has 0 spiro atoms. The monoisotopic (exact) mass is 369 g/mol. The van der Waals surface area contributed by atoms with Crippen molar-refractivity contribution in [3.63, 3.8) is 0 Å². The molecule has 0 saturated heterocycles. The predicted octanol–water partition coefficient (Wildman–Crippen LogP) is 2.35. The molecule has 0 saturated carbocycles. The van der Waals surface area contributed by atoms with Crippen LogP contribution in [0.25, 0.3) is 0 Å². The average molecular weight is 369 g/mol. The molecule has 8 heteroatoms. The lowest BCUT2D eigenvalue weighted by Gasteiger charge is -2.17. The van der Waals surface area contributed by atoms with Gasteiger partial charge in [0.05, 0.1) is 5.69 Å². The zero-order chi connectivity index (χ0) is 18.4. The quantitative estimate of drug-likeness (QED) is 0.553. The molecule has 0 radical (unpaired) electrons. The molecule has 0 atom stereocenters. The molecule has 0 bridgehead atoms. The van der Waals surface area contributed by atoms with E-state index in [0.29, 0.717) is 19.0 Å². The fourth-order valence-electron chi connectivity index (χ4n) is 2.36. The number of benzene rings is 2. The maximum atomic E-state index is 13.7. The Hall–Kier alpha value is -2.03. The summed E-state index contributed by atoms with van der Waals surface area (Å²) in [7, 11) is -2.14. The van der Waals surface area contributed by atoms with E-state index in [1.165, 1.54) is 0 Å². The van der Waals surface area contributed by atoms with Crippen LogP contribution in [0, 0.1) is 11.6 Å². The second-order valence-corrected chi connectivity index (χ2v) is 7.51. The highest BCUT2D eigenvalue weighted by Gasteiger charge is 2.20. The third-order valence-corrected chi connectivity index (χ3v) is 5.12. The van der Waals surface area contributed by atoms with Crippen LogP contribution >= 0.6 is 0 Å². The fourth-order valence-corrected chi connectivity index (χ4v) is 3.52. The van der Waals surface area contributed by atoms with Crippen LogP contribution in [0.15, 0.2) is 47.4 Å². The zero-order valence-electron chi connectivity index (χ0n) is 13.9. The molecule has 136 valence electrons. The van der Waals surface area contributed by atoms with Gasteiger partial charge < -0.3 is 10.6 Å². The van der Waals surface area contributed by atoms with Crippen molar-refractivity contribution >= 4 is 15.7 Å². The molecule has 25 heavy (non-hydrogen) atoms. The number of nitrogens with two attached hydrogens (primary N) is 1. The molecule has 0 aliphatic rings. The Morgan fingerprint density at radius 3 is 2.48 bits per heavy atom. The highest BCUT2D eigenvalue weighted by molar-refractivity contribution is 7.89. The number of sulfonamides is 1. The van der Waals surface area contributed by atoms with Crippen molar-refractivity contribution < 1.29 is 17.2 Å². The molecule has 0 aliphatic carbocycles. The molecule has 0 amide bonds. The molecule has 0 unspecified atom stereocenters. The Kier molecular flexibility index (Phi) is 6.46. The van der Waals surface area contributed by atoms with Crippen LogP contribution in [-0.2, 0) is 16.6 Å². The Morgan fingerprint density at radius 2 is 1.80 bits per heavy atom. The van der Waals surface area contributed by atoms with Gasteiger partial charge in [-0.25, -0.2) is 21.9 Å². The number of nitrogens with zero attached hydrogens (tertiary/aromatic N) is 1. The number of hydrogen-bond acceptors (Lipinski definition) is 4. The minimum Gasteiger partial charge on any atom is -0.396 e. The first-order valence-electron chi connectivity index (χ1n) is 7.76. The second kappa shape index (κ2) is 8.37. The highest BCUT2D eigenvalue weighted by Crippen LogP contribution is 2.20. The summed E-state index contributed by atoms with van der Waals surface area (Å²) in [6.07, 6.45) is 0.543. The van der Waals surface area contributed by atoms with Crippen LogP contribution in [0.2, 0.25) is 0 Å². The molecular weight excluding hydrogens is 348 g/mol. The van der Waals surface area contributed by atoms with Crippen LogP contribution in [0.3, 0.4) is 0 Å². The lowest BCUT2D eigenvalue weighted by Crippen LogP contribution is -2.29. The molecule has 5 nitrogen and oxygen atoms in total.